The van der Waals surface area contributed by atoms with Gasteiger partial charge in [-0.2, -0.15) is 0 Å². The van der Waals surface area contributed by atoms with Gasteiger partial charge in [0.25, 0.3) is 0 Å². The van der Waals surface area contributed by atoms with E-state index in [0.717, 1.165) is 33.4 Å². The van der Waals surface area contributed by atoms with Crippen molar-refractivity contribution >= 4 is 49.6 Å². The predicted octanol–water partition coefficient (Wildman–Crippen LogP) is 3.27. The van der Waals surface area contributed by atoms with E-state index in [-0.39, 0.29) is 17.6 Å². The van der Waals surface area contributed by atoms with Gasteiger partial charge < -0.3 is 9.47 Å². The van der Waals surface area contributed by atoms with Crippen LogP contribution in [0.4, 0.5) is 15.5 Å². The molecule has 8 heteroatoms. The minimum absolute atomic E-state index is 0.0804. The summed E-state index contributed by atoms with van der Waals surface area (Å²) in [4.78, 5) is 26.0. The molecular formula is C20H16FN5OS. The predicted molar refractivity (Wildman–Crippen MR) is 107 cm³/mol. The number of rotatable bonds is 2. The summed E-state index contributed by atoms with van der Waals surface area (Å²) >= 11 is 1.47. The normalized spacial score (nSPS) is 16.8. The summed E-state index contributed by atoms with van der Waals surface area (Å²) in [5.74, 6) is 0.469. The van der Waals surface area contributed by atoms with E-state index in [1.165, 1.54) is 17.4 Å². The van der Waals surface area contributed by atoms with E-state index in [2.05, 4.69) is 14.5 Å². The minimum atomic E-state index is -0.302. The van der Waals surface area contributed by atoms with Crippen molar-refractivity contribution in [3.8, 4) is 0 Å². The van der Waals surface area contributed by atoms with Crippen LogP contribution in [-0.4, -0.2) is 40.1 Å². The Bertz CT molecular complexity index is 1240. The molecule has 2 aromatic carbocycles. The molecule has 140 valence electrons. The number of halogens is 1. The summed E-state index contributed by atoms with van der Waals surface area (Å²) in [5, 5.41) is 0.776. The minimum Gasteiger partial charge on any atom is -0.346 e. The number of carbonyl (C=O) groups excluding carboxylic acids is 1. The Balaban J connectivity index is 1.22. The van der Waals surface area contributed by atoms with Crippen LogP contribution in [0, 0.1) is 11.7 Å². The van der Waals surface area contributed by atoms with Crippen LogP contribution in [-0.2, 0) is 11.3 Å². The maximum Gasteiger partial charge on any atom is 0.236 e. The van der Waals surface area contributed by atoms with Crippen LogP contribution in [0.1, 0.15) is 0 Å². The van der Waals surface area contributed by atoms with E-state index < -0.39 is 0 Å². The van der Waals surface area contributed by atoms with Crippen molar-refractivity contribution in [3.05, 3.63) is 48.3 Å². The molecule has 0 N–H and O–H groups in total. The number of nitrogens with zero attached hydrogens (tertiary/aromatic N) is 5. The van der Waals surface area contributed by atoms with E-state index in [1.807, 2.05) is 35.2 Å². The van der Waals surface area contributed by atoms with Crippen molar-refractivity contribution in [2.75, 3.05) is 29.4 Å². The van der Waals surface area contributed by atoms with Gasteiger partial charge in [0.1, 0.15) is 11.3 Å². The molecule has 0 unspecified atom stereocenters. The zero-order valence-electron chi connectivity index (χ0n) is 14.9. The summed E-state index contributed by atoms with van der Waals surface area (Å²) in [6.07, 6.45) is 0. The lowest BCUT2D eigenvalue weighted by atomic mass is 9.99. The Morgan fingerprint density at radius 2 is 1.93 bits per heavy atom. The van der Waals surface area contributed by atoms with E-state index in [4.69, 9.17) is 0 Å². The number of imidazole rings is 1. The van der Waals surface area contributed by atoms with Gasteiger partial charge in [-0.25, -0.2) is 14.4 Å². The molecule has 2 aliphatic rings. The summed E-state index contributed by atoms with van der Waals surface area (Å²) < 4.78 is 16.8. The van der Waals surface area contributed by atoms with E-state index >= 15 is 0 Å². The second-order valence-corrected chi connectivity index (χ2v) is 8.24. The van der Waals surface area contributed by atoms with Crippen molar-refractivity contribution in [2.24, 2.45) is 5.92 Å². The van der Waals surface area contributed by atoms with Crippen LogP contribution in [0.25, 0.3) is 21.3 Å². The number of amides is 1. The number of anilines is 2. The van der Waals surface area contributed by atoms with Gasteiger partial charge in [0.05, 0.1) is 21.7 Å². The van der Waals surface area contributed by atoms with Crippen LogP contribution in [0.15, 0.2) is 42.5 Å². The van der Waals surface area contributed by atoms with Crippen LogP contribution < -0.4 is 9.80 Å². The third kappa shape index (κ3) is 2.21. The first-order chi connectivity index (χ1) is 13.7. The molecule has 2 aromatic heterocycles. The molecule has 1 fully saturated rings. The Hall–Kier alpha value is -3.00. The van der Waals surface area contributed by atoms with Gasteiger partial charge >= 0.3 is 0 Å². The molecule has 0 atom stereocenters. The van der Waals surface area contributed by atoms with E-state index in [1.54, 1.807) is 11.0 Å². The number of thiazole rings is 1. The first-order valence-corrected chi connectivity index (χ1v) is 10.1. The molecule has 6 nitrogen and oxygen atoms in total. The van der Waals surface area contributed by atoms with E-state index in [0.29, 0.717) is 25.2 Å². The SMILES string of the molecule is O=C(C1CN(c2nc3c(F)cccc3s2)C1)N1CCn2c1nc1ccccc12. The molecule has 0 spiro atoms. The maximum atomic E-state index is 13.9. The van der Waals surface area contributed by atoms with Gasteiger partial charge in [-0.1, -0.05) is 29.5 Å². The Labute approximate surface area is 163 Å². The van der Waals surface area contributed by atoms with Gasteiger partial charge in [0.15, 0.2) is 5.13 Å². The van der Waals surface area contributed by atoms with Gasteiger partial charge in [-0.05, 0) is 24.3 Å². The summed E-state index contributed by atoms with van der Waals surface area (Å²) in [7, 11) is 0. The molecular weight excluding hydrogens is 377 g/mol. The topological polar surface area (TPSA) is 54.3 Å². The van der Waals surface area contributed by atoms with Crippen molar-refractivity contribution < 1.29 is 9.18 Å². The molecule has 0 aliphatic carbocycles. The van der Waals surface area contributed by atoms with Crippen molar-refractivity contribution in [2.45, 2.75) is 6.54 Å². The number of benzene rings is 2. The molecule has 4 heterocycles. The van der Waals surface area contributed by atoms with Gasteiger partial charge in [-0.3, -0.25) is 9.69 Å². The number of carbonyl (C=O) groups is 1. The number of fused-ring (bicyclic) bond motifs is 4. The lowest BCUT2D eigenvalue weighted by molar-refractivity contribution is -0.123. The average Bonchev–Trinajstić information content (AvgIpc) is 3.33. The average molecular weight is 393 g/mol. The lowest BCUT2D eigenvalue weighted by Crippen LogP contribution is -2.54. The molecule has 1 saturated heterocycles. The first-order valence-electron chi connectivity index (χ1n) is 9.26. The second-order valence-electron chi connectivity index (χ2n) is 7.23. The zero-order chi connectivity index (χ0) is 18.8. The smallest absolute Gasteiger partial charge is 0.236 e. The molecule has 2 aliphatic heterocycles. The fourth-order valence-electron chi connectivity index (χ4n) is 4.05. The largest absolute Gasteiger partial charge is 0.346 e. The van der Waals surface area contributed by atoms with Gasteiger partial charge in [-0.15, -0.1) is 0 Å². The molecule has 1 amide bonds. The Morgan fingerprint density at radius 1 is 1.07 bits per heavy atom. The van der Waals surface area contributed by atoms with Crippen LogP contribution in [0.3, 0.4) is 0 Å². The first kappa shape index (κ1) is 16.0. The highest BCUT2D eigenvalue weighted by Crippen LogP contribution is 2.35. The summed E-state index contributed by atoms with van der Waals surface area (Å²) in [6, 6.07) is 13.0. The molecule has 6 rings (SSSR count). The molecule has 4 aromatic rings. The Morgan fingerprint density at radius 3 is 2.79 bits per heavy atom. The highest BCUT2D eigenvalue weighted by atomic mass is 32.1. The van der Waals surface area contributed by atoms with Crippen LogP contribution in [0.2, 0.25) is 0 Å². The zero-order valence-corrected chi connectivity index (χ0v) is 15.7. The van der Waals surface area contributed by atoms with Crippen molar-refractivity contribution in [1.29, 1.82) is 0 Å². The quantitative estimate of drug-likeness (QED) is 0.525. The molecule has 0 bridgehead atoms. The standard InChI is InChI=1S/C20H16FN5OS/c21-13-4-3-7-16-17(13)23-20(28-16)24-10-12(11-24)18(27)26-9-8-25-15-6-2-1-5-14(15)22-19(25)26/h1-7,12H,8-11H2. The second kappa shape index (κ2) is 5.75. The fraction of sp³-hybridized carbons (Fsp3) is 0.250. The maximum absolute atomic E-state index is 13.9. The lowest BCUT2D eigenvalue weighted by Gasteiger charge is -2.39. The van der Waals surface area contributed by atoms with Gasteiger partial charge in [0, 0.05) is 26.2 Å². The highest BCUT2D eigenvalue weighted by molar-refractivity contribution is 7.22. The third-order valence-corrected chi connectivity index (χ3v) is 6.63. The summed E-state index contributed by atoms with van der Waals surface area (Å²) in [6.45, 7) is 2.65. The number of aromatic nitrogens is 3. The van der Waals surface area contributed by atoms with Gasteiger partial charge in [0.2, 0.25) is 11.9 Å². The highest BCUT2D eigenvalue weighted by Gasteiger charge is 2.40. The van der Waals surface area contributed by atoms with Crippen molar-refractivity contribution in [1.82, 2.24) is 14.5 Å². The summed E-state index contributed by atoms with van der Waals surface area (Å²) in [5.41, 5.74) is 2.40. The molecule has 28 heavy (non-hydrogen) atoms. The molecule has 0 radical (unpaired) electrons. The van der Waals surface area contributed by atoms with Crippen molar-refractivity contribution in [3.63, 3.8) is 0 Å². The van der Waals surface area contributed by atoms with Crippen LogP contribution in [0.5, 0.6) is 0 Å². The molecule has 0 saturated carbocycles. The fourth-order valence-corrected chi connectivity index (χ4v) is 5.05. The Kier molecular flexibility index (Phi) is 3.28. The third-order valence-electron chi connectivity index (χ3n) is 5.55. The number of hydrogen-bond donors (Lipinski definition) is 0. The van der Waals surface area contributed by atoms with E-state index in [9.17, 15) is 9.18 Å². The number of para-hydroxylation sites is 3. The van der Waals surface area contributed by atoms with Crippen LogP contribution >= 0.6 is 11.3 Å². The monoisotopic (exact) mass is 393 g/mol. The number of hydrogen-bond acceptors (Lipinski definition) is 5.